The molecule has 1 aromatic carbocycles. The van der Waals surface area contributed by atoms with Gasteiger partial charge in [0, 0.05) is 9.61 Å². The Morgan fingerprint density at radius 3 is 2.80 bits per heavy atom. The third-order valence-corrected chi connectivity index (χ3v) is 3.38. The minimum absolute atomic E-state index is 0.578. The van der Waals surface area contributed by atoms with Gasteiger partial charge in [-0.25, -0.2) is 0 Å². The van der Waals surface area contributed by atoms with Gasteiger partial charge in [-0.05, 0) is 59.7 Å². The van der Waals surface area contributed by atoms with Crippen molar-refractivity contribution in [1.82, 2.24) is 5.32 Å². The summed E-state index contributed by atoms with van der Waals surface area (Å²) >= 11 is 2.31. The Kier molecular flexibility index (Phi) is 4.41. The van der Waals surface area contributed by atoms with Crippen LogP contribution in [0.15, 0.2) is 24.3 Å². The largest absolute Gasteiger partial charge is 0.375 e. The number of hydrogen-bond acceptors (Lipinski definition) is 2. The smallest absolute Gasteiger partial charge is 0.0717 e. The number of nitrogens with one attached hydrogen (secondary N) is 1. The molecule has 1 aliphatic heterocycles. The van der Waals surface area contributed by atoms with E-state index in [1.807, 2.05) is 0 Å². The van der Waals surface area contributed by atoms with Crippen LogP contribution in [-0.4, -0.2) is 19.2 Å². The van der Waals surface area contributed by atoms with Crippen molar-refractivity contribution in [3.63, 3.8) is 0 Å². The first-order valence-electron chi connectivity index (χ1n) is 5.40. The first kappa shape index (κ1) is 11.4. The standard InChI is InChI=1S/C12H16INO/c13-11-5-3-10(4-6-11)8-15-9-12-2-1-7-14-12/h3-6,12,14H,1-2,7-9H2. The van der Waals surface area contributed by atoms with Crippen molar-refractivity contribution in [2.24, 2.45) is 0 Å². The highest BCUT2D eigenvalue weighted by molar-refractivity contribution is 14.1. The zero-order valence-corrected chi connectivity index (χ0v) is 10.9. The van der Waals surface area contributed by atoms with Crippen LogP contribution in [0.2, 0.25) is 0 Å². The topological polar surface area (TPSA) is 21.3 Å². The number of benzene rings is 1. The SMILES string of the molecule is Ic1ccc(COCC2CCCN2)cc1. The van der Waals surface area contributed by atoms with Crippen LogP contribution in [0.5, 0.6) is 0 Å². The molecule has 15 heavy (non-hydrogen) atoms. The lowest BCUT2D eigenvalue weighted by molar-refractivity contribution is 0.103. The second-order valence-corrected chi connectivity index (χ2v) is 5.18. The average Bonchev–Trinajstić information content (AvgIpc) is 2.74. The van der Waals surface area contributed by atoms with Gasteiger partial charge in [-0.2, -0.15) is 0 Å². The Hall–Kier alpha value is -0.130. The Bertz CT molecular complexity index is 293. The summed E-state index contributed by atoms with van der Waals surface area (Å²) in [6.07, 6.45) is 2.55. The zero-order valence-electron chi connectivity index (χ0n) is 8.71. The fourth-order valence-electron chi connectivity index (χ4n) is 1.80. The summed E-state index contributed by atoms with van der Waals surface area (Å²) < 4.78 is 6.95. The Balaban J connectivity index is 1.71. The van der Waals surface area contributed by atoms with E-state index in [0.717, 1.165) is 19.8 Å². The van der Waals surface area contributed by atoms with Gasteiger partial charge in [-0.3, -0.25) is 0 Å². The van der Waals surface area contributed by atoms with Gasteiger partial charge < -0.3 is 10.1 Å². The first-order valence-corrected chi connectivity index (χ1v) is 6.48. The minimum Gasteiger partial charge on any atom is -0.375 e. The summed E-state index contributed by atoms with van der Waals surface area (Å²) in [5, 5.41) is 3.43. The Morgan fingerprint density at radius 2 is 2.13 bits per heavy atom. The van der Waals surface area contributed by atoms with Crippen LogP contribution >= 0.6 is 22.6 Å². The number of ether oxygens (including phenoxy) is 1. The molecule has 1 atom stereocenters. The molecule has 1 aliphatic rings. The molecule has 1 aromatic rings. The van der Waals surface area contributed by atoms with E-state index in [4.69, 9.17) is 4.74 Å². The molecule has 1 unspecified atom stereocenters. The summed E-state index contributed by atoms with van der Waals surface area (Å²) in [5.41, 5.74) is 1.26. The van der Waals surface area contributed by atoms with Gasteiger partial charge in [-0.15, -0.1) is 0 Å². The lowest BCUT2D eigenvalue weighted by Gasteiger charge is -2.10. The van der Waals surface area contributed by atoms with Crippen molar-refractivity contribution in [2.75, 3.05) is 13.2 Å². The molecule has 0 aliphatic carbocycles. The maximum atomic E-state index is 5.68. The van der Waals surface area contributed by atoms with E-state index >= 15 is 0 Å². The van der Waals surface area contributed by atoms with E-state index in [1.54, 1.807) is 0 Å². The molecule has 0 saturated carbocycles. The van der Waals surface area contributed by atoms with Gasteiger partial charge in [0.25, 0.3) is 0 Å². The van der Waals surface area contributed by atoms with Gasteiger partial charge in [0.05, 0.1) is 13.2 Å². The number of hydrogen-bond donors (Lipinski definition) is 1. The lowest BCUT2D eigenvalue weighted by atomic mass is 10.2. The summed E-state index contributed by atoms with van der Waals surface area (Å²) in [6.45, 7) is 2.72. The molecule has 82 valence electrons. The van der Waals surface area contributed by atoms with Gasteiger partial charge >= 0.3 is 0 Å². The van der Waals surface area contributed by atoms with E-state index in [9.17, 15) is 0 Å². The average molecular weight is 317 g/mol. The van der Waals surface area contributed by atoms with E-state index in [2.05, 4.69) is 52.2 Å². The second kappa shape index (κ2) is 5.82. The Labute approximate surface area is 105 Å². The maximum absolute atomic E-state index is 5.68. The quantitative estimate of drug-likeness (QED) is 0.862. The fourth-order valence-corrected chi connectivity index (χ4v) is 2.16. The molecule has 1 N–H and O–H groups in total. The minimum atomic E-state index is 0.578. The fraction of sp³-hybridized carbons (Fsp3) is 0.500. The predicted molar refractivity (Wildman–Crippen MR) is 69.8 cm³/mol. The Morgan fingerprint density at radius 1 is 1.33 bits per heavy atom. The molecule has 2 nitrogen and oxygen atoms in total. The van der Waals surface area contributed by atoms with Crippen LogP contribution in [0.25, 0.3) is 0 Å². The molecule has 0 aromatic heterocycles. The molecular weight excluding hydrogens is 301 g/mol. The summed E-state index contributed by atoms with van der Waals surface area (Å²) in [4.78, 5) is 0. The normalized spacial score (nSPS) is 20.7. The van der Waals surface area contributed by atoms with E-state index in [0.29, 0.717) is 6.04 Å². The lowest BCUT2D eigenvalue weighted by Crippen LogP contribution is -2.26. The van der Waals surface area contributed by atoms with E-state index < -0.39 is 0 Å². The summed E-state index contributed by atoms with van der Waals surface area (Å²) in [7, 11) is 0. The molecule has 3 heteroatoms. The third-order valence-electron chi connectivity index (χ3n) is 2.66. The van der Waals surface area contributed by atoms with Crippen molar-refractivity contribution in [2.45, 2.75) is 25.5 Å². The van der Waals surface area contributed by atoms with Crippen LogP contribution < -0.4 is 5.32 Å². The first-order chi connectivity index (χ1) is 7.34. The van der Waals surface area contributed by atoms with Crippen LogP contribution in [0.1, 0.15) is 18.4 Å². The third kappa shape index (κ3) is 3.74. The molecule has 1 heterocycles. The highest BCUT2D eigenvalue weighted by Crippen LogP contribution is 2.09. The van der Waals surface area contributed by atoms with Crippen LogP contribution in [0.3, 0.4) is 0 Å². The molecule has 1 fully saturated rings. The van der Waals surface area contributed by atoms with Gasteiger partial charge in [-0.1, -0.05) is 12.1 Å². The van der Waals surface area contributed by atoms with Crippen LogP contribution in [0, 0.1) is 3.57 Å². The molecule has 2 rings (SSSR count). The number of halogens is 1. The summed E-state index contributed by atoms with van der Waals surface area (Å²) in [5.74, 6) is 0. The van der Waals surface area contributed by atoms with Crippen LogP contribution in [0.4, 0.5) is 0 Å². The highest BCUT2D eigenvalue weighted by atomic mass is 127. The molecule has 0 radical (unpaired) electrons. The van der Waals surface area contributed by atoms with Crippen molar-refractivity contribution in [3.05, 3.63) is 33.4 Å². The molecular formula is C12H16INO. The molecule has 1 saturated heterocycles. The van der Waals surface area contributed by atoms with E-state index in [-0.39, 0.29) is 0 Å². The van der Waals surface area contributed by atoms with Crippen molar-refractivity contribution in [1.29, 1.82) is 0 Å². The van der Waals surface area contributed by atoms with Crippen LogP contribution in [-0.2, 0) is 11.3 Å². The molecule has 0 amide bonds. The van der Waals surface area contributed by atoms with Gasteiger partial charge in [0.15, 0.2) is 0 Å². The second-order valence-electron chi connectivity index (χ2n) is 3.93. The molecule has 0 spiro atoms. The summed E-state index contributed by atoms with van der Waals surface area (Å²) in [6, 6.07) is 9.07. The van der Waals surface area contributed by atoms with Gasteiger partial charge in [0.2, 0.25) is 0 Å². The predicted octanol–water partition coefficient (Wildman–Crippen LogP) is 2.56. The highest BCUT2D eigenvalue weighted by Gasteiger charge is 2.13. The van der Waals surface area contributed by atoms with Crippen molar-refractivity contribution >= 4 is 22.6 Å². The maximum Gasteiger partial charge on any atom is 0.0717 e. The van der Waals surface area contributed by atoms with Crippen molar-refractivity contribution in [3.8, 4) is 0 Å². The van der Waals surface area contributed by atoms with Crippen molar-refractivity contribution < 1.29 is 4.74 Å². The monoisotopic (exact) mass is 317 g/mol. The van der Waals surface area contributed by atoms with Gasteiger partial charge in [0.1, 0.15) is 0 Å². The molecule has 0 bridgehead atoms. The zero-order chi connectivity index (χ0) is 10.5. The number of rotatable bonds is 4. The van der Waals surface area contributed by atoms with E-state index in [1.165, 1.54) is 22.0 Å².